The molecule has 3 rings (SSSR count). The minimum atomic E-state index is -0.738. The Morgan fingerprint density at radius 2 is 2.15 bits per heavy atom. The van der Waals surface area contributed by atoms with E-state index in [0.29, 0.717) is 17.4 Å². The lowest BCUT2D eigenvalue weighted by atomic mass is 10.1. The summed E-state index contributed by atoms with van der Waals surface area (Å²) in [5.74, 6) is -0.567. The third kappa shape index (κ3) is 1.89. The van der Waals surface area contributed by atoms with Crippen molar-refractivity contribution in [3.05, 3.63) is 20.6 Å². The molecule has 20 heavy (non-hydrogen) atoms. The van der Waals surface area contributed by atoms with Crippen LogP contribution < -0.4 is 10.9 Å². The predicted octanol–water partition coefficient (Wildman–Crippen LogP) is 1.76. The van der Waals surface area contributed by atoms with Gasteiger partial charge in [-0.3, -0.25) is 19.7 Å². The average molecular weight is 294 g/mol. The van der Waals surface area contributed by atoms with Crippen LogP contribution in [0.1, 0.15) is 43.5 Å². The molecule has 2 aromatic heterocycles. The van der Waals surface area contributed by atoms with E-state index in [1.807, 2.05) is 13.8 Å². The lowest BCUT2D eigenvalue weighted by molar-refractivity contribution is -0.137. The number of rotatable bonds is 2. The number of carbonyl (C=O) groups is 2. The smallest absolute Gasteiger partial charge is 0.292 e. The van der Waals surface area contributed by atoms with Gasteiger partial charge in [-0.15, -0.1) is 11.3 Å². The Labute approximate surface area is 118 Å². The van der Waals surface area contributed by atoms with Crippen molar-refractivity contribution >= 4 is 34.1 Å². The molecule has 3 heterocycles. The van der Waals surface area contributed by atoms with Crippen molar-refractivity contribution in [3.63, 3.8) is 0 Å². The molecule has 6 nitrogen and oxygen atoms in total. The fraction of sp³-hybridized carbons (Fsp3) is 0.462. The van der Waals surface area contributed by atoms with Crippen molar-refractivity contribution in [1.29, 1.82) is 0 Å². The van der Waals surface area contributed by atoms with Crippen molar-refractivity contribution in [2.45, 2.75) is 38.6 Å². The summed E-state index contributed by atoms with van der Waals surface area (Å²) >= 11 is 1.49. The van der Waals surface area contributed by atoms with E-state index in [9.17, 15) is 14.4 Å². The van der Waals surface area contributed by atoms with Gasteiger partial charge in [-0.2, -0.15) is 4.74 Å². The Balaban J connectivity index is 2.09. The molecule has 0 bridgehead atoms. The van der Waals surface area contributed by atoms with Crippen LogP contribution in [-0.2, 0) is 9.59 Å². The second-order valence-electron chi connectivity index (χ2n) is 5.18. The molecule has 1 atom stereocenters. The molecule has 0 radical (unpaired) electrons. The van der Waals surface area contributed by atoms with Crippen LogP contribution in [0.4, 0.5) is 0 Å². The molecule has 1 N–H and O–H groups in total. The van der Waals surface area contributed by atoms with Crippen molar-refractivity contribution < 1.29 is 14.1 Å². The Hall–Kier alpha value is -1.89. The number of imide groups is 1. The van der Waals surface area contributed by atoms with Crippen LogP contribution in [0.3, 0.4) is 0 Å². The highest BCUT2D eigenvalue weighted by Crippen LogP contribution is 2.31. The van der Waals surface area contributed by atoms with Gasteiger partial charge in [-0.25, -0.2) is 0 Å². The Kier molecular flexibility index (Phi) is 3.01. The van der Waals surface area contributed by atoms with E-state index in [1.165, 1.54) is 11.3 Å². The summed E-state index contributed by atoms with van der Waals surface area (Å²) < 4.78 is 6.62. The zero-order valence-electron chi connectivity index (χ0n) is 11.1. The first-order valence-corrected chi connectivity index (χ1v) is 7.33. The zero-order valence-corrected chi connectivity index (χ0v) is 12.0. The van der Waals surface area contributed by atoms with E-state index in [2.05, 4.69) is 5.32 Å². The van der Waals surface area contributed by atoms with Gasteiger partial charge >= 0.3 is 0 Å². The van der Waals surface area contributed by atoms with Gasteiger partial charge in [0, 0.05) is 16.7 Å². The minimum Gasteiger partial charge on any atom is -0.374 e. The number of nitrogens with zero attached hydrogens (tertiary/aromatic N) is 1. The number of piperidine rings is 1. The molecular formula is C13H14N2O4S. The molecule has 7 heteroatoms. The maximum atomic E-state index is 12.5. The molecule has 2 aromatic rings. The first-order valence-electron chi connectivity index (χ1n) is 6.45. The van der Waals surface area contributed by atoms with Crippen molar-refractivity contribution in [2.75, 3.05) is 0 Å². The highest BCUT2D eigenvalue weighted by Gasteiger charge is 2.32. The molecular weight excluding hydrogens is 280 g/mol. The van der Waals surface area contributed by atoms with Crippen LogP contribution in [-0.4, -0.2) is 16.6 Å². The predicted molar refractivity (Wildman–Crippen MR) is 73.9 cm³/mol. The van der Waals surface area contributed by atoms with Gasteiger partial charge in [0.1, 0.15) is 11.4 Å². The maximum Gasteiger partial charge on any atom is 0.292 e. The quantitative estimate of drug-likeness (QED) is 0.856. The van der Waals surface area contributed by atoms with Crippen molar-refractivity contribution in [2.24, 2.45) is 0 Å². The molecule has 2 amide bonds. The van der Waals surface area contributed by atoms with Gasteiger partial charge < -0.3 is 4.52 Å². The summed E-state index contributed by atoms with van der Waals surface area (Å²) in [5.41, 5.74) is 0.216. The highest BCUT2D eigenvalue weighted by molar-refractivity contribution is 7.11. The molecule has 106 valence electrons. The van der Waals surface area contributed by atoms with Crippen LogP contribution in [0.2, 0.25) is 0 Å². The van der Waals surface area contributed by atoms with Crippen molar-refractivity contribution in [3.8, 4) is 0 Å². The minimum absolute atomic E-state index is 0.216. The lowest BCUT2D eigenvalue weighted by Gasteiger charge is -2.19. The lowest BCUT2D eigenvalue weighted by Crippen LogP contribution is -2.43. The van der Waals surface area contributed by atoms with Crippen molar-refractivity contribution in [1.82, 2.24) is 10.1 Å². The fourth-order valence-corrected chi connectivity index (χ4v) is 3.40. The van der Waals surface area contributed by atoms with E-state index in [0.717, 1.165) is 9.62 Å². The summed E-state index contributed by atoms with van der Waals surface area (Å²) in [4.78, 5) is 36.4. The topological polar surface area (TPSA) is 81.3 Å². The average Bonchev–Trinajstić information content (AvgIpc) is 2.91. The second kappa shape index (κ2) is 4.59. The van der Waals surface area contributed by atoms with Gasteiger partial charge in [0.25, 0.3) is 11.5 Å². The summed E-state index contributed by atoms with van der Waals surface area (Å²) in [6.07, 6.45) is 0.508. The van der Waals surface area contributed by atoms with E-state index in [1.54, 1.807) is 5.38 Å². The van der Waals surface area contributed by atoms with Gasteiger partial charge in [0.05, 0.1) is 0 Å². The normalized spacial score (nSPS) is 19.9. The highest BCUT2D eigenvalue weighted by atomic mass is 32.1. The molecule has 1 aliphatic rings. The van der Waals surface area contributed by atoms with Crippen LogP contribution >= 0.6 is 11.3 Å². The number of hydrogen-bond donors (Lipinski definition) is 1. The second-order valence-corrected chi connectivity index (χ2v) is 6.09. The van der Waals surface area contributed by atoms with Crippen LogP contribution in [0.25, 0.3) is 11.0 Å². The number of thiophene rings is 1. The first-order chi connectivity index (χ1) is 9.49. The molecule has 1 unspecified atom stereocenters. The van der Waals surface area contributed by atoms with Gasteiger partial charge in [-0.1, -0.05) is 13.8 Å². The maximum absolute atomic E-state index is 12.5. The number of nitrogens with one attached hydrogen (secondary N) is 1. The number of amides is 2. The zero-order chi connectivity index (χ0) is 14.4. The molecule has 0 aromatic carbocycles. The number of fused-ring (bicyclic) bond motifs is 1. The summed E-state index contributed by atoms with van der Waals surface area (Å²) in [5, 5.41) is 4.57. The molecule has 0 aliphatic carbocycles. The van der Waals surface area contributed by atoms with E-state index < -0.39 is 11.9 Å². The summed E-state index contributed by atoms with van der Waals surface area (Å²) in [6.45, 7) is 4.02. The number of aromatic nitrogens is 1. The standard InChI is InChI=1S/C13H14N2O4S/c1-6(2)11-10-8(5-20-11)19-15(13(10)18)7-3-4-9(16)14-12(7)17/h5-7H,3-4H2,1-2H3,(H,14,16,17). The number of hydrogen-bond acceptors (Lipinski definition) is 5. The van der Waals surface area contributed by atoms with Gasteiger partial charge in [0.15, 0.2) is 5.58 Å². The fourth-order valence-electron chi connectivity index (χ4n) is 2.43. The summed E-state index contributed by atoms with van der Waals surface area (Å²) in [6, 6.07) is -0.738. The van der Waals surface area contributed by atoms with Crippen LogP contribution in [0.15, 0.2) is 14.7 Å². The Bertz CT molecular complexity index is 752. The third-order valence-corrected chi connectivity index (χ3v) is 4.68. The van der Waals surface area contributed by atoms with Crippen LogP contribution in [0, 0.1) is 0 Å². The van der Waals surface area contributed by atoms with Crippen LogP contribution in [0.5, 0.6) is 0 Å². The molecule has 0 saturated carbocycles. The molecule has 1 aliphatic heterocycles. The Morgan fingerprint density at radius 1 is 1.40 bits per heavy atom. The largest absolute Gasteiger partial charge is 0.374 e. The van der Waals surface area contributed by atoms with E-state index in [4.69, 9.17) is 4.52 Å². The van der Waals surface area contributed by atoms with E-state index in [-0.39, 0.29) is 23.8 Å². The first kappa shape index (κ1) is 13.1. The third-order valence-electron chi connectivity index (χ3n) is 3.41. The van der Waals surface area contributed by atoms with Gasteiger partial charge in [0.2, 0.25) is 5.91 Å². The molecule has 1 saturated heterocycles. The molecule has 0 spiro atoms. The monoisotopic (exact) mass is 294 g/mol. The Morgan fingerprint density at radius 3 is 2.80 bits per heavy atom. The molecule has 1 fully saturated rings. The SMILES string of the molecule is CC(C)c1scc2on(C3CCC(=O)NC3=O)c(=O)c12. The number of carbonyl (C=O) groups excluding carboxylic acids is 2. The summed E-state index contributed by atoms with van der Waals surface area (Å²) in [7, 11) is 0. The van der Waals surface area contributed by atoms with Gasteiger partial charge in [-0.05, 0) is 12.3 Å². The van der Waals surface area contributed by atoms with E-state index >= 15 is 0 Å².